The highest BCUT2D eigenvalue weighted by Crippen LogP contribution is 2.29. The molecule has 9 heteroatoms. The largest absolute Gasteiger partial charge is 0.371 e. The van der Waals surface area contributed by atoms with Gasteiger partial charge in [-0.3, -0.25) is 4.31 Å². The van der Waals surface area contributed by atoms with E-state index in [1.54, 1.807) is 12.1 Å². The highest BCUT2D eigenvalue weighted by Gasteiger charge is 2.32. The third kappa shape index (κ3) is 4.25. The lowest BCUT2D eigenvalue weighted by molar-refractivity contribution is -0.00256. The lowest BCUT2D eigenvalue weighted by atomic mass is 10.1. The number of aryl methyl sites for hydroxylation is 1. The summed E-state index contributed by atoms with van der Waals surface area (Å²) in [7, 11) is -7.03. The maximum Gasteiger partial charge on any atom is 0.243 e. The summed E-state index contributed by atoms with van der Waals surface area (Å²) in [4.78, 5) is 0.158. The van der Waals surface area contributed by atoms with Crippen molar-refractivity contribution in [2.75, 3.05) is 36.3 Å². The number of nitrogens with zero attached hydrogens (tertiary/aromatic N) is 2. The summed E-state index contributed by atoms with van der Waals surface area (Å²) < 4.78 is 59.5. The maximum atomic E-state index is 13.2. The van der Waals surface area contributed by atoms with Gasteiger partial charge in [0, 0.05) is 19.6 Å². The molecule has 1 atom stereocenters. The molecule has 2 aromatic rings. The Morgan fingerprint density at radius 2 is 1.67 bits per heavy atom. The Kier molecular flexibility index (Phi) is 5.89. The zero-order valence-electron chi connectivity index (χ0n) is 16.9. The fourth-order valence-corrected chi connectivity index (χ4v) is 6.90. The van der Waals surface area contributed by atoms with Gasteiger partial charge in [-0.05, 0) is 49.6 Å². The Hall–Kier alpha value is -1.94. The molecule has 0 aromatic heterocycles. The fraction of sp³-hybridized carbons (Fsp3) is 0.429. The van der Waals surface area contributed by atoms with Gasteiger partial charge in [-0.15, -0.1) is 0 Å². The average molecular weight is 451 g/mol. The first-order valence-corrected chi connectivity index (χ1v) is 13.1. The second-order valence-electron chi connectivity index (χ2n) is 7.72. The lowest BCUT2D eigenvalue weighted by Gasteiger charge is -2.32. The molecule has 2 saturated heterocycles. The van der Waals surface area contributed by atoms with E-state index < -0.39 is 20.0 Å². The number of hydrogen-bond acceptors (Lipinski definition) is 5. The van der Waals surface area contributed by atoms with Gasteiger partial charge >= 0.3 is 0 Å². The van der Waals surface area contributed by atoms with Crippen molar-refractivity contribution in [1.82, 2.24) is 4.31 Å². The van der Waals surface area contributed by atoms with Crippen LogP contribution >= 0.6 is 0 Å². The standard InChI is InChI=1S/C21H26N2O5S2/c1-17-4-6-18(7-5-17)21-16-22(13-14-28-21)30(26,27)20-10-8-19(9-11-20)23-12-2-3-15-29(23,24)25/h4-11,21H,2-3,12-16H2,1H3. The van der Waals surface area contributed by atoms with Crippen LogP contribution in [0, 0.1) is 6.92 Å². The van der Waals surface area contributed by atoms with Gasteiger partial charge in [-0.2, -0.15) is 4.31 Å². The van der Waals surface area contributed by atoms with E-state index in [-0.39, 0.29) is 29.8 Å². The summed E-state index contributed by atoms with van der Waals surface area (Å²) >= 11 is 0. The van der Waals surface area contributed by atoms with Crippen LogP contribution in [-0.4, -0.2) is 53.1 Å². The molecule has 0 spiro atoms. The highest BCUT2D eigenvalue weighted by molar-refractivity contribution is 7.92. The van der Waals surface area contributed by atoms with Crippen LogP contribution in [0.1, 0.15) is 30.1 Å². The molecule has 2 aliphatic rings. The minimum atomic E-state index is -3.70. The fourth-order valence-electron chi connectivity index (χ4n) is 3.84. The van der Waals surface area contributed by atoms with Crippen molar-refractivity contribution in [2.45, 2.75) is 30.8 Å². The predicted octanol–water partition coefficient (Wildman–Crippen LogP) is 2.69. The van der Waals surface area contributed by atoms with Gasteiger partial charge in [0.2, 0.25) is 20.0 Å². The quantitative estimate of drug-likeness (QED) is 0.715. The molecule has 0 saturated carbocycles. The van der Waals surface area contributed by atoms with E-state index in [4.69, 9.17) is 4.74 Å². The summed E-state index contributed by atoms with van der Waals surface area (Å²) in [6.45, 7) is 3.28. The SMILES string of the molecule is Cc1ccc(C2CN(S(=O)(=O)c3ccc(N4CCCCS4(=O)=O)cc3)CCO2)cc1. The van der Waals surface area contributed by atoms with E-state index in [2.05, 4.69) is 0 Å². The monoisotopic (exact) mass is 450 g/mol. The number of ether oxygens (including phenoxy) is 1. The Morgan fingerprint density at radius 1 is 0.967 bits per heavy atom. The number of hydrogen-bond donors (Lipinski definition) is 0. The molecule has 0 radical (unpaired) electrons. The van der Waals surface area contributed by atoms with Gasteiger partial charge in [0.25, 0.3) is 0 Å². The molecule has 2 fully saturated rings. The Balaban J connectivity index is 1.53. The molecule has 4 rings (SSSR count). The number of benzene rings is 2. The summed E-state index contributed by atoms with van der Waals surface area (Å²) in [6, 6.07) is 14.0. The van der Waals surface area contributed by atoms with Crippen LogP contribution in [0.3, 0.4) is 0 Å². The lowest BCUT2D eigenvalue weighted by Crippen LogP contribution is -2.42. The third-order valence-electron chi connectivity index (χ3n) is 5.59. The van der Waals surface area contributed by atoms with E-state index >= 15 is 0 Å². The Bertz CT molecular complexity index is 1100. The van der Waals surface area contributed by atoms with Gasteiger partial charge in [0.05, 0.1) is 29.0 Å². The normalized spacial score (nSPS) is 22.7. The molecule has 30 heavy (non-hydrogen) atoms. The van der Waals surface area contributed by atoms with Crippen molar-refractivity contribution in [3.05, 3.63) is 59.7 Å². The third-order valence-corrected chi connectivity index (χ3v) is 9.34. The molecule has 1 unspecified atom stereocenters. The number of anilines is 1. The molecular weight excluding hydrogens is 424 g/mol. The predicted molar refractivity (Wildman–Crippen MR) is 115 cm³/mol. The average Bonchev–Trinajstić information content (AvgIpc) is 2.74. The first-order chi connectivity index (χ1) is 14.3. The van der Waals surface area contributed by atoms with E-state index in [0.29, 0.717) is 25.3 Å². The summed E-state index contributed by atoms with van der Waals surface area (Å²) in [5, 5.41) is 0. The molecule has 0 bridgehead atoms. The smallest absolute Gasteiger partial charge is 0.243 e. The molecule has 0 aliphatic carbocycles. The molecular formula is C21H26N2O5S2. The molecule has 7 nitrogen and oxygen atoms in total. The van der Waals surface area contributed by atoms with Crippen LogP contribution in [-0.2, 0) is 24.8 Å². The molecule has 162 valence electrons. The second-order valence-corrected chi connectivity index (χ2v) is 11.7. The van der Waals surface area contributed by atoms with Gasteiger partial charge in [0.1, 0.15) is 0 Å². The zero-order chi connectivity index (χ0) is 21.4. The molecule has 2 aliphatic heterocycles. The summed E-state index contributed by atoms with van der Waals surface area (Å²) in [5.41, 5.74) is 2.59. The highest BCUT2D eigenvalue weighted by atomic mass is 32.2. The second kappa shape index (κ2) is 8.30. The van der Waals surface area contributed by atoms with Gasteiger partial charge < -0.3 is 4.74 Å². The van der Waals surface area contributed by atoms with Crippen molar-refractivity contribution in [2.24, 2.45) is 0 Å². The van der Waals surface area contributed by atoms with Gasteiger partial charge in [-0.25, -0.2) is 16.8 Å². The first kappa shape index (κ1) is 21.3. The van der Waals surface area contributed by atoms with E-state index in [9.17, 15) is 16.8 Å². The number of morpholine rings is 1. The molecule has 0 N–H and O–H groups in total. The zero-order valence-corrected chi connectivity index (χ0v) is 18.5. The molecule has 2 heterocycles. The first-order valence-electron chi connectivity index (χ1n) is 10.1. The van der Waals surface area contributed by atoms with Crippen LogP contribution in [0.15, 0.2) is 53.4 Å². The van der Waals surface area contributed by atoms with Crippen LogP contribution in [0.5, 0.6) is 0 Å². The Labute approximate surface area is 178 Å². The molecule has 0 amide bonds. The van der Waals surface area contributed by atoms with E-state index in [1.807, 2.05) is 31.2 Å². The number of rotatable bonds is 4. The van der Waals surface area contributed by atoms with Crippen molar-refractivity contribution in [1.29, 1.82) is 0 Å². The maximum absolute atomic E-state index is 13.2. The number of sulfonamides is 2. The van der Waals surface area contributed by atoms with Gasteiger partial charge in [-0.1, -0.05) is 29.8 Å². The van der Waals surface area contributed by atoms with Crippen LogP contribution in [0.25, 0.3) is 0 Å². The van der Waals surface area contributed by atoms with E-state index in [0.717, 1.165) is 17.5 Å². The minimum Gasteiger partial charge on any atom is -0.371 e. The Morgan fingerprint density at radius 3 is 2.33 bits per heavy atom. The molecule has 2 aromatic carbocycles. The van der Waals surface area contributed by atoms with Crippen LogP contribution < -0.4 is 4.31 Å². The van der Waals surface area contributed by atoms with Crippen LogP contribution in [0.2, 0.25) is 0 Å². The summed E-state index contributed by atoms with van der Waals surface area (Å²) in [5.74, 6) is 0.126. The van der Waals surface area contributed by atoms with Crippen molar-refractivity contribution < 1.29 is 21.6 Å². The van der Waals surface area contributed by atoms with Crippen LogP contribution in [0.4, 0.5) is 5.69 Å². The topological polar surface area (TPSA) is 84.0 Å². The van der Waals surface area contributed by atoms with Gasteiger partial charge in [0.15, 0.2) is 0 Å². The van der Waals surface area contributed by atoms with Crippen molar-refractivity contribution >= 4 is 25.7 Å². The summed E-state index contributed by atoms with van der Waals surface area (Å²) in [6.07, 6.45) is 1.14. The van der Waals surface area contributed by atoms with Crippen molar-refractivity contribution in [3.8, 4) is 0 Å². The van der Waals surface area contributed by atoms with E-state index in [1.165, 1.54) is 20.7 Å². The van der Waals surface area contributed by atoms with Crippen molar-refractivity contribution in [3.63, 3.8) is 0 Å². The minimum absolute atomic E-state index is 0.126.